The first kappa shape index (κ1) is 13.7. The second kappa shape index (κ2) is 5.98. The summed E-state index contributed by atoms with van der Waals surface area (Å²) in [6.45, 7) is 3.70. The van der Waals surface area contributed by atoms with E-state index in [-0.39, 0.29) is 6.10 Å². The maximum atomic E-state index is 5.92. The Morgan fingerprint density at radius 2 is 2.10 bits per heavy atom. The first-order valence-corrected chi connectivity index (χ1v) is 7.73. The van der Waals surface area contributed by atoms with Crippen molar-refractivity contribution in [2.24, 2.45) is 0 Å². The van der Waals surface area contributed by atoms with Gasteiger partial charge >= 0.3 is 0 Å². The maximum absolute atomic E-state index is 5.92. The molecule has 0 aliphatic carbocycles. The predicted octanol–water partition coefficient (Wildman–Crippen LogP) is 4.48. The third-order valence-electron chi connectivity index (χ3n) is 3.69. The van der Waals surface area contributed by atoms with E-state index in [9.17, 15) is 0 Å². The first-order valence-electron chi connectivity index (χ1n) is 6.93. The van der Waals surface area contributed by atoms with Gasteiger partial charge in [-0.25, -0.2) is 0 Å². The molecule has 1 heterocycles. The van der Waals surface area contributed by atoms with E-state index in [2.05, 4.69) is 70.6 Å². The zero-order valence-corrected chi connectivity index (χ0v) is 13.1. The van der Waals surface area contributed by atoms with Crippen molar-refractivity contribution >= 4 is 21.6 Å². The molecule has 0 fully saturated rings. The minimum atomic E-state index is 0.132. The van der Waals surface area contributed by atoms with Crippen LogP contribution in [-0.2, 0) is 11.2 Å². The van der Waals surface area contributed by atoms with Crippen LogP contribution in [0.5, 0.6) is 0 Å². The highest BCUT2D eigenvalue weighted by Crippen LogP contribution is 2.29. The van der Waals surface area contributed by atoms with Crippen molar-refractivity contribution in [1.29, 1.82) is 0 Å². The predicted molar refractivity (Wildman–Crippen MR) is 86.2 cm³/mol. The lowest BCUT2D eigenvalue weighted by Crippen LogP contribution is -2.22. The zero-order chi connectivity index (χ0) is 13.9. The van der Waals surface area contributed by atoms with Crippen LogP contribution in [-0.4, -0.2) is 13.2 Å². The number of hydrogen-bond donors (Lipinski definition) is 1. The molecule has 0 saturated heterocycles. The first-order chi connectivity index (χ1) is 9.74. The third-order valence-corrected chi connectivity index (χ3v) is 4.38. The molecule has 1 atom stereocenters. The summed E-state index contributed by atoms with van der Waals surface area (Å²) in [5, 5.41) is 3.49. The summed E-state index contributed by atoms with van der Waals surface area (Å²) in [4.78, 5) is 0. The number of rotatable bonds is 3. The second-order valence-electron chi connectivity index (χ2n) is 5.17. The van der Waals surface area contributed by atoms with E-state index < -0.39 is 0 Å². The van der Waals surface area contributed by atoms with E-state index in [0.717, 1.165) is 29.7 Å². The molecule has 0 saturated carbocycles. The molecule has 3 rings (SSSR count). The molecule has 1 aliphatic heterocycles. The van der Waals surface area contributed by atoms with E-state index in [0.29, 0.717) is 0 Å². The van der Waals surface area contributed by atoms with Crippen LogP contribution in [0, 0.1) is 6.92 Å². The van der Waals surface area contributed by atoms with E-state index >= 15 is 0 Å². The van der Waals surface area contributed by atoms with Crippen molar-refractivity contribution < 1.29 is 4.74 Å². The molecule has 2 aromatic carbocycles. The fourth-order valence-electron chi connectivity index (χ4n) is 2.62. The van der Waals surface area contributed by atoms with Crippen LogP contribution in [0.3, 0.4) is 0 Å². The maximum Gasteiger partial charge on any atom is 0.0999 e. The number of ether oxygens (including phenoxy) is 1. The van der Waals surface area contributed by atoms with Crippen LogP contribution in [0.2, 0.25) is 0 Å². The number of nitrogens with one attached hydrogen (secondary N) is 1. The normalized spacial score (nSPS) is 17.6. The minimum absolute atomic E-state index is 0.132. The summed E-state index contributed by atoms with van der Waals surface area (Å²) in [7, 11) is 0. The van der Waals surface area contributed by atoms with Gasteiger partial charge in [-0.05, 0) is 58.1 Å². The lowest BCUT2D eigenvalue weighted by atomic mass is 9.97. The molecule has 0 bridgehead atoms. The van der Waals surface area contributed by atoms with Gasteiger partial charge in [0.25, 0.3) is 0 Å². The molecule has 2 aromatic rings. The molecule has 104 valence electrons. The third kappa shape index (κ3) is 2.89. The van der Waals surface area contributed by atoms with Gasteiger partial charge < -0.3 is 10.1 Å². The van der Waals surface area contributed by atoms with Gasteiger partial charge in [-0.3, -0.25) is 0 Å². The van der Waals surface area contributed by atoms with Crippen LogP contribution in [0.4, 0.5) is 5.69 Å². The summed E-state index contributed by atoms with van der Waals surface area (Å²) in [6, 6.07) is 14.9. The monoisotopic (exact) mass is 331 g/mol. The highest BCUT2D eigenvalue weighted by Gasteiger charge is 2.20. The fraction of sp³-hybridized carbons (Fsp3) is 0.294. The quantitative estimate of drug-likeness (QED) is 0.895. The number of anilines is 1. The molecule has 2 nitrogen and oxygen atoms in total. The Morgan fingerprint density at radius 3 is 3.00 bits per heavy atom. The van der Waals surface area contributed by atoms with Crippen molar-refractivity contribution in [2.75, 3.05) is 18.5 Å². The number of benzene rings is 2. The van der Waals surface area contributed by atoms with Gasteiger partial charge in [0.05, 0.1) is 12.7 Å². The van der Waals surface area contributed by atoms with E-state index in [1.165, 1.54) is 16.7 Å². The van der Waals surface area contributed by atoms with Crippen LogP contribution in [0.15, 0.2) is 46.9 Å². The summed E-state index contributed by atoms with van der Waals surface area (Å²) < 4.78 is 7.01. The van der Waals surface area contributed by atoms with Crippen LogP contribution >= 0.6 is 15.9 Å². The van der Waals surface area contributed by atoms with Crippen molar-refractivity contribution in [3.05, 3.63) is 63.6 Å². The summed E-state index contributed by atoms with van der Waals surface area (Å²) in [5.74, 6) is 0. The second-order valence-corrected chi connectivity index (χ2v) is 6.03. The average molecular weight is 332 g/mol. The fourth-order valence-corrected chi connectivity index (χ4v) is 3.01. The lowest BCUT2D eigenvalue weighted by Gasteiger charge is -2.26. The summed E-state index contributed by atoms with van der Waals surface area (Å²) >= 11 is 3.58. The molecule has 0 radical (unpaired) electrons. The van der Waals surface area contributed by atoms with Gasteiger partial charge in [0, 0.05) is 16.7 Å². The zero-order valence-electron chi connectivity index (χ0n) is 11.5. The van der Waals surface area contributed by atoms with Crippen LogP contribution < -0.4 is 5.32 Å². The SMILES string of the molecule is Cc1ccc(Br)c(NCC2OCCc3ccccc32)c1. The Bertz CT molecular complexity index is 612. The summed E-state index contributed by atoms with van der Waals surface area (Å²) in [6.07, 6.45) is 1.15. The van der Waals surface area contributed by atoms with Gasteiger partial charge in [0.15, 0.2) is 0 Å². The van der Waals surface area contributed by atoms with Gasteiger partial charge in [-0.1, -0.05) is 30.3 Å². The molecular formula is C17H18BrNO. The molecule has 3 heteroatoms. The lowest BCUT2D eigenvalue weighted by molar-refractivity contribution is 0.0513. The largest absolute Gasteiger partial charge is 0.381 e. The van der Waals surface area contributed by atoms with Crippen molar-refractivity contribution in [3.8, 4) is 0 Å². The highest BCUT2D eigenvalue weighted by atomic mass is 79.9. The average Bonchev–Trinajstić information content (AvgIpc) is 2.48. The number of halogens is 1. The minimum Gasteiger partial charge on any atom is -0.381 e. The van der Waals surface area contributed by atoms with Crippen molar-refractivity contribution in [2.45, 2.75) is 19.4 Å². The van der Waals surface area contributed by atoms with Crippen LogP contribution in [0.25, 0.3) is 0 Å². The van der Waals surface area contributed by atoms with Crippen molar-refractivity contribution in [1.82, 2.24) is 0 Å². The molecular weight excluding hydrogens is 314 g/mol. The molecule has 0 aromatic heterocycles. The van der Waals surface area contributed by atoms with Crippen molar-refractivity contribution in [3.63, 3.8) is 0 Å². The van der Waals surface area contributed by atoms with E-state index in [4.69, 9.17) is 4.74 Å². The molecule has 1 N–H and O–H groups in total. The Hall–Kier alpha value is -1.32. The van der Waals surface area contributed by atoms with E-state index in [1.807, 2.05) is 0 Å². The Morgan fingerprint density at radius 1 is 1.25 bits per heavy atom. The number of aryl methyl sites for hydroxylation is 1. The van der Waals surface area contributed by atoms with Gasteiger partial charge in [0.2, 0.25) is 0 Å². The van der Waals surface area contributed by atoms with Gasteiger partial charge in [0.1, 0.15) is 0 Å². The van der Waals surface area contributed by atoms with Gasteiger partial charge in [-0.15, -0.1) is 0 Å². The molecule has 0 spiro atoms. The standard InChI is InChI=1S/C17H18BrNO/c1-12-6-7-15(18)16(10-12)19-11-17-14-5-3-2-4-13(14)8-9-20-17/h2-7,10,17,19H,8-9,11H2,1H3. The molecule has 20 heavy (non-hydrogen) atoms. The van der Waals surface area contributed by atoms with Crippen LogP contribution in [0.1, 0.15) is 22.8 Å². The Kier molecular flexibility index (Phi) is 4.08. The Labute approximate surface area is 128 Å². The molecule has 0 amide bonds. The summed E-state index contributed by atoms with van der Waals surface area (Å²) in [5.41, 5.74) is 5.10. The Balaban J connectivity index is 1.75. The molecule has 1 unspecified atom stereocenters. The number of hydrogen-bond acceptors (Lipinski definition) is 2. The smallest absolute Gasteiger partial charge is 0.0999 e. The van der Waals surface area contributed by atoms with E-state index in [1.54, 1.807) is 0 Å². The van der Waals surface area contributed by atoms with Gasteiger partial charge in [-0.2, -0.15) is 0 Å². The topological polar surface area (TPSA) is 21.3 Å². The number of fused-ring (bicyclic) bond motifs is 1. The highest BCUT2D eigenvalue weighted by molar-refractivity contribution is 9.10. The molecule has 1 aliphatic rings.